The number of carbonyl (C=O) groups is 1. The molecule has 0 saturated carbocycles. The van der Waals surface area contributed by atoms with Crippen LogP contribution >= 0.6 is 24.2 Å². The first-order chi connectivity index (χ1) is 11.6. The molecule has 134 valence electrons. The molecule has 1 unspecified atom stereocenters. The minimum absolute atomic E-state index is 0. The lowest BCUT2D eigenvalue weighted by Crippen LogP contribution is -2.47. The number of nitrogens with zero attached hydrogens (tertiary/aromatic N) is 1. The van der Waals surface area contributed by atoms with Crippen LogP contribution in [-0.2, 0) is 4.79 Å². The Bertz CT molecular complexity index is 711. The fourth-order valence-corrected chi connectivity index (χ4v) is 3.76. The molecule has 1 aliphatic heterocycles. The van der Waals surface area contributed by atoms with Gasteiger partial charge in [0.25, 0.3) is 0 Å². The molecule has 1 saturated heterocycles. The Morgan fingerprint density at radius 2 is 1.72 bits per heavy atom. The van der Waals surface area contributed by atoms with Gasteiger partial charge in [0.05, 0.1) is 0 Å². The Labute approximate surface area is 156 Å². The maximum Gasteiger partial charge on any atom is 0.240 e. The number of thioether (sulfide) groups is 1. The van der Waals surface area contributed by atoms with Crippen LogP contribution in [0.4, 0.5) is 8.78 Å². The lowest BCUT2D eigenvalue weighted by atomic mass is 10.1. The van der Waals surface area contributed by atoms with Gasteiger partial charge in [0.15, 0.2) is 11.6 Å². The molecule has 25 heavy (non-hydrogen) atoms. The van der Waals surface area contributed by atoms with Gasteiger partial charge in [-0.3, -0.25) is 4.79 Å². The molecule has 0 spiro atoms. The summed E-state index contributed by atoms with van der Waals surface area (Å²) in [5.74, 6) is -1.79. The zero-order valence-electron chi connectivity index (χ0n) is 13.5. The summed E-state index contributed by atoms with van der Waals surface area (Å²) >= 11 is 1.25. The topological polar surface area (TPSA) is 32.3 Å². The van der Waals surface area contributed by atoms with E-state index >= 15 is 0 Å². The minimum atomic E-state index is -0.901. The summed E-state index contributed by atoms with van der Waals surface area (Å²) in [5, 5.41) is 2.74. The van der Waals surface area contributed by atoms with Gasteiger partial charge in [0.1, 0.15) is 5.25 Å². The first-order valence-electron chi connectivity index (χ1n) is 7.81. The summed E-state index contributed by atoms with van der Waals surface area (Å²) in [7, 11) is 0. The first kappa shape index (κ1) is 19.7. The molecule has 1 amide bonds. The Balaban J connectivity index is 0.00000225. The molecule has 2 aromatic rings. The fourth-order valence-electron chi connectivity index (χ4n) is 2.63. The molecule has 1 fully saturated rings. The summed E-state index contributed by atoms with van der Waals surface area (Å²) in [5.41, 5.74) is 0.857. The van der Waals surface area contributed by atoms with Gasteiger partial charge >= 0.3 is 0 Å². The zero-order chi connectivity index (χ0) is 16.9. The molecule has 1 atom stereocenters. The molecule has 1 N–H and O–H groups in total. The van der Waals surface area contributed by atoms with Crippen molar-refractivity contribution in [1.82, 2.24) is 10.2 Å². The number of piperazine rings is 1. The lowest BCUT2D eigenvalue weighted by Gasteiger charge is -2.31. The van der Waals surface area contributed by atoms with Crippen LogP contribution in [0.1, 0.15) is 10.8 Å². The van der Waals surface area contributed by atoms with Crippen molar-refractivity contribution in [2.45, 2.75) is 10.1 Å². The third-order valence-corrected chi connectivity index (χ3v) is 5.14. The molecular formula is C18H19ClF2N2OS. The first-order valence-corrected chi connectivity index (χ1v) is 8.69. The second-order valence-corrected chi connectivity index (χ2v) is 6.74. The molecule has 7 heteroatoms. The number of rotatable bonds is 4. The van der Waals surface area contributed by atoms with Crippen molar-refractivity contribution in [2.24, 2.45) is 0 Å². The van der Waals surface area contributed by atoms with E-state index in [0.29, 0.717) is 18.0 Å². The zero-order valence-corrected chi connectivity index (χ0v) is 15.1. The highest BCUT2D eigenvalue weighted by atomic mass is 35.5. The average Bonchev–Trinajstić information content (AvgIpc) is 2.63. The fraction of sp³-hybridized carbons (Fsp3) is 0.278. The van der Waals surface area contributed by atoms with E-state index in [0.717, 1.165) is 30.8 Å². The summed E-state index contributed by atoms with van der Waals surface area (Å²) in [6, 6.07) is 13.1. The SMILES string of the molecule is Cl.O=C(C(Sc1ccc(F)c(F)c1)c1ccccc1)N1CCNCC1. The average molecular weight is 385 g/mol. The smallest absolute Gasteiger partial charge is 0.240 e. The summed E-state index contributed by atoms with van der Waals surface area (Å²) in [6.07, 6.45) is 0. The van der Waals surface area contributed by atoms with Gasteiger partial charge in [0, 0.05) is 31.1 Å². The van der Waals surface area contributed by atoms with Crippen LogP contribution in [-0.4, -0.2) is 37.0 Å². The molecule has 0 aliphatic carbocycles. The lowest BCUT2D eigenvalue weighted by molar-refractivity contribution is -0.131. The molecule has 0 radical (unpaired) electrons. The van der Waals surface area contributed by atoms with Crippen LogP contribution in [0.5, 0.6) is 0 Å². The number of hydrogen-bond acceptors (Lipinski definition) is 3. The maximum absolute atomic E-state index is 13.5. The van der Waals surface area contributed by atoms with Crippen LogP contribution in [0.25, 0.3) is 0 Å². The minimum Gasteiger partial charge on any atom is -0.339 e. The van der Waals surface area contributed by atoms with Crippen LogP contribution in [0.15, 0.2) is 53.4 Å². The van der Waals surface area contributed by atoms with Crippen molar-refractivity contribution < 1.29 is 13.6 Å². The van der Waals surface area contributed by atoms with Gasteiger partial charge in [-0.15, -0.1) is 24.2 Å². The second kappa shape index (κ2) is 9.17. The van der Waals surface area contributed by atoms with E-state index in [1.54, 1.807) is 0 Å². The predicted octanol–water partition coefficient (Wildman–Crippen LogP) is 3.65. The van der Waals surface area contributed by atoms with Crippen molar-refractivity contribution in [3.05, 3.63) is 65.7 Å². The summed E-state index contributed by atoms with van der Waals surface area (Å²) in [6.45, 7) is 2.84. The number of hydrogen-bond donors (Lipinski definition) is 1. The largest absolute Gasteiger partial charge is 0.339 e. The highest BCUT2D eigenvalue weighted by Crippen LogP contribution is 2.37. The molecule has 2 aromatic carbocycles. The molecule has 3 rings (SSSR count). The van der Waals surface area contributed by atoms with Crippen molar-refractivity contribution in [3.63, 3.8) is 0 Å². The van der Waals surface area contributed by atoms with Crippen molar-refractivity contribution in [3.8, 4) is 0 Å². The molecule has 1 aliphatic rings. The van der Waals surface area contributed by atoms with Gasteiger partial charge in [0.2, 0.25) is 5.91 Å². The molecule has 1 heterocycles. The highest BCUT2D eigenvalue weighted by Gasteiger charge is 2.28. The third kappa shape index (κ3) is 4.93. The van der Waals surface area contributed by atoms with E-state index in [2.05, 4.69) is 5.32 Å². The van der Waals surface area contributed by atoms with Gasteiger partial charge in [-0.1, -0.05) is 30.3 Å². The third-order valence-electron chi connectivity index (χ3n) is 3.90. The van der Waals surface area contributed by atoms with Gasteiger partial charge in [-0.05, 0) is 23.8 Å². The summed E-state index contributed by atoms with van der Waals surface area (Å²) < 4.78 is 26.6. The van der Waals surface area contributed by atoms with Crippen LogP contribution in [0.2, 0.25) is 0 Å². The van der Waals surface area contributed by atoms with E-state index in [-0.39, 0.29) is 18.3 Å². The quantitative estimate of drug-likeness (QED) is 0.817. The van der Waals surface area contributed by atoms with Gasteiger partial charge in [-0.2, -0.15) is 0 Å². The number of carbonyl (C=O) groups excluding carboxylic acids is 1. The van der Waals surface area contributed by atoms with Crippen LogP contribution in [0, 0.1) is 11.6 Å². The Morgan fingerprint density at radius 1 is 1.04 bits per heavy atom. The number of benzene rings is 2. The second-order valence-electron chi connectivity index (χ2n) is 5.56. The maximum atomic E-state index is 13.5. The van der Waals surface area contributed by atoms with Crippen molar-refractivity contribution in [1.29, 1.82) is 0 Å². The standard InChI is InChI=1S/C18H18F2N2OS.ClH/c19-15-7-6-14(12-16(15)20)24-17(13-4-2-1-3-5-13)18(23)22-10-8-21-9-11-22;/h1-7,12,17,21H,8-11H2;1H. The normalized spacial score (nSPS) is 15.4. The van der Waals surface area contributed by atoms with Crippen LogP contribution < -0.4 is 5.32 Å². The van der Waals surface area contributed by atoms with Gasteiger partial charge < -0.3 is 10.2 Å². The molecule has 3 nitrogen and oxygen atoms in total. The van der Waals surface area contributed by atoms with E-state index in [1.165, 1.54) is 17.8 Å². The highest BCUT2D eigenvalue weighted by molar-refractivity contribution is 8.00. The summed E-state index contributed by atoms with van der Waals surface area (Å²) in [4.78, 5) is 15.3. The van der Waals surface area contributed by atoms with Gasteiger partial charge in [-0.25, -0.2) is 8.78 Å². The predicted molar refractivity (Wildman–Crippen MR) is 98.1 cm³/mol. The number of nitrogens with one attached hydrogen (secondary N) is 1. The Hall–Kier alpha value is -1.63. The van der Waals surface area contributed by atoms with E-state index in [1.807, 2.05) is 35.2 Å². The molecule has 0 bridgehead atoms. The molecule has 0 aromatic heterocycles. The monoisotopic (exact) mass is 384 g/mol. The Morgan fingerprint density at radius 3 is 2.36 bits per heavy atom. The van der Waals surface area contributed by atoms with Crippen molar-refractivity contribution in [2.75, 3.05) is 26.2 Å². The Kier molecular flexibility index (Phi) is 7.23. The number of halogens is 3. The van der Waals surface area contributed by atoms with E-state index in [9.17, 15) is 13.6 Å². The molecular weight excluding hydrogens is 366 g/mol. The van der Waals surface area contributed by atoms with E-state index in [4.69, 9.17) is 0 Å². The van der Waals surface area contributed by atoms with Crippen LogP contribution in [0.3, 0.4) is 0 Å². The van der Waals surface area contributed by atoms with E-state index < -0.39 is 16.9 Å². The van der Waals surface area contributed by atoms with Crippen molar-refractivity contribution >= 4 is 30.1 Å². The number of amides is 1.